The Hall–Kier alpha value is -0.610. The van der Waals surface area contributed by atoms with Crippen molar-refractivity contribution in [2.45, 2.75) is 168 Å². The third-order valence-electron chi connectivity index (χ3n) is 13.2. The van der Waals surface area contributed by atoms with Crippen LogP contribution in [0.25, 0.3) is 0 Å². The first-order chi connectivity index (χ1) is 19.2. The summed E-state index contributed by atoms with van der Waals surface area (Å²) in [7, 11) is 0. The number of aliphatic hydroxyl groups is 2. The zero-order valence-corrected chi connectivity index (χ0v) is 26.8. The molecule has 4 saturated carbocycles. The van der Waals surface area contributed by atoms with Gasteiger partial charge in [-0.2, -0.15) is 0 Å². The van der Waals surface area contributed by atoms with Crippen molar-refractivity contribution < 1.29 is 15.0 Å². The van der Waals surface area contributed by atoms with Crippen molar-refractivity contribution in [1.29, 1.82) is 0 Å². The molecule has 4 heteroatoms. The standard InChI is InChI=1S/C36H65NO3/c1-5-6-7-8-9-10-11-12-13-14-23-37-34(40)20-15-26(2)30-18-19-31-29-17-16-27-24-28(38)21-22-35(27,3)32(29)25-33(39)36(30,31)4/h26-33,38-39H,5-25H2,1-4H3,(H,37,40)/t26-,27-,28-,29+,30-,31+,32+,33+,35+,36-/m1/s1. The monoisotopic (exact) mass is 559 g/mol. The minimum absolute atomic E-state index is 0.00949. The molecule has 0 saturated heterocycles. The summed E-state index contributed by atoms with van der Waals surface area (Å²) in [5.74, 6) is 3.79. The molecule has 0 heterocycles. The molecule has 3 N–H and O–H groups in total. The summed E-state index contributed by atoms with van der Waals surface area (Å²) in [6, 6.07) is 0. The van der Waals surface area contributed by atoms with Crippen LogP contribution in [0, 0.1) is 46.3 Å². The number of aliphatic hydroxyl groups excluding tert-OH is 2. The molecule has 40 heavy (non-hydrogen) atoms. The molecule has 1 amide bonds. The van der Waals surface area contributed by atoms with Crippen molar-refractivity contribution in [2.24, 2.45) is 46.3 Å². The van der Waals surface area contributed by atoms with Crippen LogP contribution in [0.3, 0.4) is 0 Å². The zero-order valence-electron chi connectivity index (χ0n) is 26.8. The van der Waals surface area contributed by atoms with E-state index >= 15 is 0 Å². The van der Waals surface area contributed by atoms with E-state index in [0.717, 1.165) is 51.0 Å². The lowest BCUT2D eigenvalue weighted by Crippen LogP contribution is -2.58. The lowest BCUT2D eigenvalue weighted by Gasteiger charge is -2.62. The summed E-state index contributed by atoms with van der Waals surface area (Å²) in [6.45, 7) is 10.4. The van der Waals surface area contributed by atoms with Crippen LogP contribution >= 0.6 is 0 Å². The van der Waals surface area contributed by atoms with Crippen LogP contribution in [0.5, 0.6) is 0 Å². The van der Waals surface area contributed by atoms with Gasteiger partial charge in [-0.05, 0) is 111 Å². The molecule has 232 valence electrons. The fraction of sp³-hybridized carbons (Fsp3) is 0.972. The Bertz CT molecular complexity index is 786. The maximum atomic E-state index is 12.7. The second kappa shape index (κ2) is 14.7. The number of unbranched alkanes of at least 4 members (excludes halogenated alkanes) is 9. The average Bonchev–Trinajstić information content (AvgIpc) is 3.30. The summed E-state index contributed by atoms with van der Waals surface area (Å²) in [6.07, 6.45) is 23.4. The average molecular weight is 560 g/mol. The van der Waals surface area contributed by atoms with E-state index in [1.807, 2.05) is 0 Å². The SMILES string of the molecule is CCCCCCCCCCCCNC(=O)CC[C@@H](C)[C@H]1CC[C@H]2[C@@H]3CC[C@@H]4C[C@H](O)CC[C@]4(C)[C@H]3C[C@H](O)[C@]12C. The fourth-order valence-corrected chi connectivity index (χ4v) is 10.6. The van der Waals surface area contributed by atoms with Gasteiger partial charge >= 0.3 is 0 Å². The molecule has 4 nitrogen and oxygen atoms in total. The van der Waals surface area contributed by atoms with E-state index in [-0.39, 0.29) is 23.5 Å². The second-order valence-electron chi connectivity index (χ2n) is 15.4. The Morgan fingerprint density at radius 3 is 2.23 bits per heavy atom. The van der Waals surface area contributed by atoms with Gasteiger partial charge in [-0.25, -0.2) is 0 Å². The Kier molecular flexibility index (Phi) is 11.9. The highest BCUT2D eigenvalue weighted by Crippen LogP contribution is 2.68. The molecule has 0 spiro atoms. The third-order valence-corrected chi connectivity index (χ3v) is 13.2. The van der Waals surface area contributed by atoms with E-state index in [1.54, 1.807) is 0 Å². The molecule has 4 fully saturated rings. The van der Waals surface area contributed by atoms with Gasteiger partial charge in [0, 0.05) is 13.0 Å². The lowest BCUT2D eigenvalue weighted by atomic mass is 9.43. The number of rotatable bonds is 15. The highest BCUT2D eigenvalue weighted by molar-refractivity contribution is 5.75. The summed E-state index contributed by atoms with van der Waals surface area (Å²) in [4.78, 5) is 12.7. The number of fused-ring (bicyclic) bond motifs is 5. The Labute approximate surface area is 247 Å². The Morgan fingerprint density at radius 2 is 1.52 bits per heavy atom. The van der Waals surface area contributed by atoms with Gasteiger partial charge in [-0.3, -0.25) is 4.79 Å². The first-order valence-corrected chi connectivity index (χ1v) is 17.8. The Balaban J connectivity index is 1.18. The maximum absolute atomic E-state index is 12.7. The largest absolute Gasteiger partial charge is 0.393 e. The molecule has 4 rings (SSSR count). The number of hydrogen-bond acceptors (Lipinski definition) is 3. The quantitative estimate of drug-likeness (QED) is 0.176. The summed E-state index contributed by atoms with van der Waals surface area (Å²) >= 11 is 0. The van der Waals surface area contributed by atoms with E-state index in [0.29, 0.717) is 41.4 Å². The van der Waals surface area contributed by atoms with Gasteiger partial charge < -0.3 is 15.5 Å². The highest BCUT2D eigenvalue weighted by Gasteiger charge is 2.63. The maximum Gasteiger partial charge on any atom is 0.220 e. The second-order valence-corrected chi connectivity index (χ2v) is 15.4. The number of carbonyl (C=O) groups is 1. The van der Waals surface area contributed by atoms with E-state index < -0.39 is 0 Å². The van der Waals surface area contributed by atoms with Gasteiger partial charge in [-0.1, -0.05) is 85.5 Å². The first kappa shape index (κ1) is 32.3. The summed E-state index contributed by atoms with van der Waals surface area (Å²) in [5, 5.41) is 25.3. The highest BCUT2D eigenvalue weighted by atomic mass is 16.3. The van der Waals surface area contributed by atoms with Crippen LogP contribution in [-0.2, 0) is 4.79 Å². The molecule has 4 aliphatic carbocycles. The van der Waals surface area contributed by atoms with Crippen LogP contribution in [-0.4, -0.2) is 34.9 Å². The van der Waals surface area contributed by atoms with Crippen molar-refractivity contribution in [3.05, 3.63) is 0 Å². The van der Waals surface area contributed by atoms with Crippen LogP contribution in [0.1, 0.15) is 156 Å². The molecular weight excluding hydrogens is 494 g/mol. The zero-order chi connectivity index (χ0) is 28.8. The normalized spacial score (nSPS) is 39.7. The van der Waals surface area contributed by atoms with Crippen LogP contribution in [0.2, 0.25) is 0 Å². The summed E-state index contributed by atoms with van der Waals surface area (Å²) < 4.78 is 0. The van der Waals surface area contributed by atoms with Crippen molar-refractivity contribution in [3.8, 4) is 0 Å². The minimum atomic E-state index is -0.235. The topological polar surface area (TPSA) is 69.6 Å². The van der Waals surface area contributed by atoms with Gasteiger partial charge in [0.2, 0.25) is 5.91 Å². The van der Waals surface area contributed by atoms with Crippen LogP contribution < -0.4 is 5.32 Å². The number of nitrogens with one attached hydrogen (secondary N) is 1. The van der Waals surface area contributed by atoms with Gasteiger partial charge in [0.05, 0.1) is 12.2 Å². The molecule has 10 atom stereocenters. The van der Waals surface area contributed by atoms with Gasteiger partial charge in [-0.15, -0.1) is 0 Å². The third kappa shape index (κ3) is 7.12. The molecule has 0 aromatic carbocycles. The number of hydrogen-bond donors (Lipinski definition) is 3. The van der Waals surface area contributed by atoms with Crippen LogP contribution in [0.15, 0.2) is 0 Å². The first-order valence-electron chi connectivity index (χ1n) is 17.8. The van der Waals surface area contributed by atoms with Gasteiger partial charge in [0.15, 0.2) is 0 Å². The van der Waals surface area contributed by atoms with E-state index in [4.69, 9.17) is 0 Å². The van der Waals surface area contributed by atoms with Crippen molar-refractivity contribution in [2.75, 3.05) is 6.54 Å². The van der Waals surface area contributed by atoms with E-state index in [9.17, 15) is 15.0 Å². The molecule has 0 aromatic heterocycles. The van der Waals surface area contributed by atoms with E-state index in [1.165, 1.54) is 83.5 Å². The molecular formula is C36H65NO3. The van der Waals surface area contributed by atoms with Crippen molar-refractivity contribution in [3.63, 3.8) is 0 Å². The predicted octanol–water partition coefficient (Wildman–Crippen LogP) is 8.43. The number of amides is 1. The fourth-order valence-electron chi connectivity index (χ4n) is 10.6. The van der Waals surface area contributed by atoms with Crippen LogP contribution in [0.4, 0.5) is 0 Å². The molecule has 0 bridgehead atoms. The van der Waals surface area contributed by atoms with E-state index in [2.05, 4.69) is 33.0 Å². The summed E-state index contributed by atoms with van der Waals surface area (Å²) in [5.41, 5.74) is 0.283. The number of carbonyl (C=O) groups excluding carboxylic acids is 1. The van der Waals surface area contributed by atoms with Gasteiger partial charge in [0.25, 0.3) is 0 Å². The predicted molar refractivity (Wildman–Crippen MR) is 166 cm³/mol. The molecule has 0 aromatic rings. The molecule has 0 aliphatic heterocycles. The molecule has 0 radical (unpaired) electrons. The van der Waals surface area contributed by atoms with Crippen molar-refractivity contribution >= 4 is 5.91 Å². The molecule has 4 aliphatic rings. The smallest absolute Gasteiger partial charge is 0.220 e. The lowest BCUT2D eigenvalue weighted by molar-refractivity contribution is -0.174. The minimum Gasteiger partial charge on any atom is -0.393 e. The Morgan fingerprint density at radius 1 is 0.850 bits per heavy atom. The van der Waals surface area contributed by atoms with Crippen molar-refractivity contribution in [1.82, 2.24) is 5.32 Å². The molecule has 0 unspecified atom stereocenters. The van der Waals surface area contributed by atoms with Gasteiger partial charge in [0.1, 0.15) is 0 Å².